The molecule has 8 nitrogen and oxygen atoms in total. The average molecular weight is 516 g/mol. The van der Waals surface area contributed by atoms with E-state index in [0.29, 0.717) is 40.6 Å². The van der Waals surface area contributed by atoms with Crippen LogP contribution in [0.1, 0.15) is 42.6 Å². The fraction of sp³-hybridized carbons (Fsp3) is 0.292. The first-order chi connectivity index (χ1) is 17.0. The van der Waals surface area contributed by atoms with Crippen molar-refractivity contribution in [2.75, 3.05) is 0 Å². The molecule has 4 aromatic heterocycles. The van der Waals surface area contributed by atoms with Gasteiger partial charge in [0.25, 0.3) is 0 Å². The summed E-state index contributed by atoms with van der Waals surface area (Å²) in [4.78, 5) is 17.0. The Balaban J connectivity index is 1.56. The molecule has 4 heterocycles. The highest BCUT2D eigenvalue weighted by Gasteiger charge is 2.35. The lowest BCUT2D eigenvalue weighted by Gasteiger charge is -2.12. The zero-order valence-corrected chi connectivity index (χ0v) is 20.6. The summed E-state index contributed by atoms with van der Waals surface area (Å²) in [6.45, 7) is 7.63. The minimum absolute atomic E-state index is 0.0882. The van der Waals surface area contributed by atoms with Crippen molar-refractivity contribution in [3.8, 4) is 22.8 Å². The number of imidazole rings is 2. The molecule has 5 aromatic rings. The van der Waals surface area contributed by atoms with Crippen molar-refractivity contribution < 1.29 is 17.7 Å². The predicted octanol–water partition coefficient (Wildman–Crippen LogP) is 6.26. The van der Waals surface area contributed by atoms with Crippen LogP contribution in [0.4, 0.5) is 13.2 Å². The SMILES string of the molecule is Cc1noc(C)c1-c1nc2cnc(Cl)nc2n1Cc1ccc(-c2nc(C(F)(F)F)cn2C(C)C)cc1. The molecule has 0 saturated carbocycles. The summed E-state index contributed by atoms with van der Waals surface area (Å²) < 4.78 is 48.6. The summed E-state index contributed by atoms with van der Waals surface area (Å²) in [5.41, 5.74) is 3.07. The first kappa shape index (κ1) is 24.0. The number of aromatic nitrogens is 7. The quantitative estimate of drug-likeness (QED) is 0.257. The number of benzene rings is 1. The van der Waals surface area contributed by atoms with Crippen LogP contribution in [-0.4, -0.2) is 34.2 Å². The second kappa shape index (κ2) is 8.74. The summed E-state index contributed by atoms with van der Waals surface area (Å²) in [6, 6.07) is 7.00. The number of fused-ring (bicyclic) bond motifs is 1. The Morgan fingerprint density at radius 1 is 1.03 bits per heavy atom. The molecule has 186 valence electrons. The molecule has 0 saturated heterocycles. The van der Waals surface area contributed by atoms with Gasteiger partial charge in [0.2, 0.25) is 5.28 Å². The standard InChI is InChI=1S/C24H21ClF3N7O/c1-12(2)34-11-18(24(26,27)28)31-20(34)16-7-5-15(6-8-16)10-35-21-17(9-29-23(25)32-21)30-22(35)19-13(3)33-36-14(19)4/h5-9,11-12H,10H2,1-4H3. The second-order valence-corrected chi connectivity index (χ2v) is 9.05. The van der Waals surface area contributed by atoms with Gasteiger partial charge in [-0.05, 0) is 44.9 Å². The van der Waals surface area contributed by atoms with Crippen LogP contribution in [0.2, 0.25) is 5.28 Å². The molecule has 0 bridgehead atoms. The van der Waals surface area contributed by atoms with E-state index < -0.39 is 11.9 Å². The molecule has 5 rings (SSSR count). The molecular formula is C24H21ClF3N7O. The van der Waals surface area contributed by atoms with Gasteiger partial charge in [-0.2, -0.15) is 18.2 Å². The third kappa shape index (κ3) is 4.23. The Labute approximate surface area is 208 Å². The van der Waals surface area contributed by atoms with Crippen molar-refractivity contribution in [2.24, 2.45) is 0 Å². The van der Waals surface area contributed by atoms with E-state index in [1.54, 1.807) is 25.3 Å². The van der Waals surface area contributed by atoms with Gasteiger partial charge in [-0.15, -0.1) is 0 Å². The number of hydrogen-bond donors (Lipinski definition) is 0. The van der Waals surface area contributed by atoms with Crippen LogP contribution in [0.5, 0.6) is 0 Å². The Morgan fingerprint density at radius 2 is 1.75 bits per heavy atom. The van der Waals surface area contributed by atoms with Gasteiger partial charge in [0, 0.05) is 17.8 Å². The van der Waals surface area contributed by atoms with Gasteiger partial charge < -0.3 is 13.7 Å². The van der Waals surface area contributed by atoms with Gasteiger partial charge in [-0.1, -0.05) is 29.4 Å². The minimum Gasteiger partial charge on any atom is -0.361 e. The molecule has 0 amide bonds. The molecule has 0 fully saturated rings. The summed E-state index contributed by atoms with van der Waals surface area (Å²) in [5.74, 6) is 1.47. The molecule has 0 N–H and O–H groups in total. The van der Waals surface area contributed by atoms with Gasteiger partial charge in [0.1, 0.15) is 22.9 Å². The fourth-order valence-electron chi connectivity index (χ4n) is 4.12. The molecule has 1 aromatic carbocycles. The number of hydrogen-bond acceptors (Lipinski definition) is 6. The van der Waals surface area contributed by atoms with Crippen LogP contribution in [0, 0.1) is 13.8 Å². The zero-order chi connectivity index (χ0) is 25.8. The largest absolute Gasteiger partial charge is 0.434 e. The van der Waals surface area contributed by atoms with Crippen molar-refractivity contribution in [2.45, 2.75) is 46.5 Å². The number of rotatable bonds is 5. The van der Waals surface area contributed by atoms with E-state index in [2.05, 4.69) is 20.1 Å². The van der Waals surface area contributed by atoms with Crippen LogP contribution < -0.4 is 0 Å². The van der Waals surface area contributed by atoms with Crippen LogP contribution in [-0.2, 0) is 12.7 Å². The number of alkyl halides is 3. The average Bonchev–Trinajstić information content (AvgIpc) is 3.50. The lowest BCUT2D eigenvalue weighted by molar-refractivity contribution is -0.140. The predicted molar refractivity (Wildman–Crippen MR) is 127 cm³/mol. The number of halogens is 4. The molecule has 0 atom stereocenters. The van der Waals surface area contributed by atoms with Crippen molar-refractivity contribution in [3.63, 3.8) is 0 Å². The van der Waals surface area contributed by atoms with E-state index in [4.69, 9.17) is 21.1 Å². The highest BCUT2D eigenvalue weighted by atomic mass is 35.5. The van der Waals surface area contributed by atoms with Gasteiger partial charge >= 0.3 is 6.18 Å². The van der Waals surface area contributed by atoms with Gasteiger partial charge in [-0.3, -0.25) is 0 Å². The lowest BCUT2D eigenvalue weighted by atomic mass is 10.1. The normalized spacial score (nSPS) is 12.2. The van der Waals surface area contributed by atoms with E-state index in [9.17, 15) is 13.2 Å². The highest BCUT2D eigenvalue weighted by molar-refractivity contribution is 6.28. The highest BCUT2D eigenvalue weighted by Crippen LogP contribution is 2.33. The van der Waals surface area contributed by atoms with Crippen molar-refractivity contribution >= 4 is 22.8 Å². The molecule has 0 unspecified atom stereocenters. The maximum atomic E-state index is 13.3. The summed E-state index contributed by atoms with van der Waals surface area (Å²) in [7, 11) is 0. The van der Waals surface area contributed by atoms with Crippen LogP contribution in [0.3, 0.4) is 0 Å². The van der Waals surface area contributed by atoms with E-state index in [-0.39, 0.29) is 17.1 Å². The topological polar surface area (TPSA) is 87.4 Å². The van der Waals surface area contributed by atoms with E-state index in [0.717, 1.165) is 17.3 Å². The van der Waals surface area contributed by atoms with E-state index in [1.165, 1.54) is 4.57 Å². The van der Waals surface area contributed by atoms with Crippen molar-refractivity contribution in [3.05, 3.63) is 64.7 Å². The lowest BCUT2D eigenvalue weighted by Crippen LogP contribution is -2.05. The van der Waals surface area contributed by atoms with Gasteiger partial charge in [0.15, 0.2) is 11.3 Å². The molecule has 12 heteroatoms. The molecule has 0 aliphatic carbocycles. The maximum absolute atomic E-state index is 13.3. The fourth-order valence-corrected chi connectivity index (χ4v) is 4.25. The minimum atomic E-state index is -4.52. The summed E-state index contributed by atoms with van der Waals surface area (Å²) in [6.07, 6.45) is -1.92. The zero-order valence-electron chi connectivity index (χ0n) is 19.8. The molecule has 0 aliphatic rings. The first-order valence-corrected chi connectivity index (χ1v) is 11.5. The molecule has 36 heavy (non-hydrogen) atoms. The van der Waals surface area contributed by atoms with Crippen LogP contribution in [0.25, 0.3) is 33.9 Å². The molecule has 0 aliphatic heterocycles. The van der Waals surface area contributed by atoms with Crippen LogP contribution in [0.15, 0.2) is 41.2 Å². The Morgan fingerprint density at radius 3 is 2.36 bits per heavy atom. The molecular weight excluding hydrogens is 495 g/mol. The monoisotopic (exact) mass is 515 g/mol. The van der Waals surface area contributed by atoms with E-state index in [1.807, 2.05) is 37.5 Å². The summed E-state index contributed by atoms with van der Waals surface area (Å²) in [5, 5.41) is 4.12. The number of aryl methyl sites for hydroxylation is 2. The molecule has 0 spiro atoms. The summed E-state index contributed by atoms with van der Waals surface area (Å²) >= 11 is 6.07. The third-order valence-electron chi connectivity index (χ3n) is 5.85. The van der Waals surface area contributed by atoms with Crippen LogP contribution >= 0.6 is 11.6 Å². The van der Waals surface area contributed by atoms with Gasteiger partial charge in [-0.25, -0.2) is 15.0 Å². The Hall–Kier alpha value is -3.73. The number of nitrogens with zero attached hydrogens (tertiary/aromatic N) is 7. The maximum Gasteiger partial charge on any atom is 0.434 e. The Kier molecular flexibility index (Phi) is 5.82. The Bertz CT molecular complexity index is 1550. The second-order valence-electron chi connectivity index (χ2n) is 8.71. The molecule has 0 radical (unpaired) electrons. The first-order valence-electron chi connectivity index (χ1n) is 11.1. The van der Waals surface area contributed by atoms with Crippen molar-refractivity contribution in [1.82, 2.24) is 34.2 Å². The third-order valence-corrected chi connectivity index (χ3v) is 6.03. The van der Waals surface area contributed by atoms with E-state index >= 15 is 0 Å². The smallest absolute Gasteiger partial charge is 0.361 e. The van der Waals surface area contributed by atoms with Crippen molar-refractivity contribution in [1.29, 1.82) is 0 Å². The van der Waals surface area contributed by atoms with Gasteiger partial charge in [0.05, 0.1) is 24.0 Å².